The quantitative estimate of drug-likeness (QED) is 0.742. The molecular weight excluding hydrogens is 192 g/mol. The average Bonchev–Trinajstić information content (AvgIpc) is 2.58. The Hall–Kier alpha value is -1.36. The molecule has 15 heavy (non-hydrogen) atoms. The summed E-state index contributed by atoms with van der Waals surface area (Å²) < 4.78 is 1.75. The van der Waals surface area contributed by atoms with Crippen molar-refractivity contribution in [1.82, 2.24) is 14.7 Å². The van der Waals surface area contributed by atoms with Crippen LogP contribution in [-0.2, 0) is 11.3 Å². The molecule has 2 rings (SSSR count). The van der Waals surface area contributed by atoms with E-state index < -0.39 is 0 Å². The first kappa shape index (κ1) is 10.2. The third-order valence-corrected chi connectivity index (χ3v) is 2.79. The number of rotatable bonds is 2. The van der Waals surface area contributed by atoms with E-state index in [9.17, 15) is 4.79 Å². The molecule has 0 saturated carbocycles. The Kier molecular flexibility index (Phi) is 2.73. The van der Waals surface area contributed by atoms with Crippen LogP contribution in [0.25, 0.3) is 0 Å². The van der Waals surface area contributed by atoms with Crippen LogP contribution in [-0.4, -0.2) is 40.6 Å². The summed E-state index contributed by atoms with van der Waals surface area (Å²) in [6.45, 7) is 2.33. The van der Waals surface area contributed by atoms with Gasteiger partial charge in [0.1, 0.15) is 5.78 Å². The molecule has 2 heterocycles. The lowest BCUT2D eigenvalue weighted by atomic mass is 9.97. The maximum Gasteiger partial charge on any atom is 0.140 e. The number of carbonyl (C=O) groups excluding carboxylic acids is 1. The van der Waals surface area contributed by atoms with Crippen LogP contribution in [0, 0.1) is 5.92 Å². The van der Waals surface area contributed by atoms with Gasteiger partial charge in [-0.25, -0.2) is 0 Å². The minimum atomic E-state index is 0.0584. The van der Waals surface area contributed by atoms with Gasteiger partial charge in [-0.15, -0.1) is 0 Å². The van der Waals surface area contributed by atoms with Crippen LogP contribution < -0.4 is 5.73 Å². The zero-order chi connectivity index (χ0) is 10.8. The minimum absolute atomic E-state index is 0.0584. The lowest BCUT2D eigenvalue weighted by Gasteiger charge is -2.28. The van der Waals surface area contributed by atoms with Gasteiger partial charge in [0.15, 0.2) is 0 Å². The molecule has 1 aromatic heterocycles. The number of hydrogen-bond acceptors (Lipinski definition) is 4. The second-order valence-corrected chi connectivity index (χ2v) is 4.17. The molecule has 1 aromatic rings. The molecule has 5 heteroatoms. The monoisotopic (exact) mass is 208 g/mol. The lowest BCUT2D eigenvalue weighted by molar-refractivity contribution is -0.126. The smallest absolute Gasteiger partial charge is 0.140 e. The van der Waals surface area contributed by atoms with Crippen LogP contribution in [0.4, 0.5) is 5.69 Å². The number of nitrogens with two attached hydrogens (primary N) is 1. The number of anilines is 1. The van der Waals surface area contributed by atoms with Crippen molar-refractivity contribution in [1.29, 1.82) is 0 Å². The summed E-state index contributed by atoms with van der Waals surface area (Å²) in [4.78, 5) is 13.8. The molecule has 1 atom stereocenters. The van der Waals surface area contributed by atoms with Crippen molar-refractivity contribution in [3.63, 3.8) is 0 Å². The van der Waals surface area contributed by atoms with Crippen LogP contribution in [0.1, 0.15) is 6.42 Å². The van der Waals surface area contributed by atoms with Gasteiger partial charge in [-0.2, -0.15) is 5.10 Å². The number of carbonyl (C=O) groups is 1. The summed E-state index contributed by atoms with van der Waals surface area (Å²) in [7, 11) is 2.04. The third kappa shape index (κ3) is 2.36. The predicted molar refractivity (Wildman–Crippen MR) is 57.3 cm³/mol. The molecule has 1 aliphatic rings. The normalized spacial score (nSPS) is 23.3. The number of nitrogens with zero attached hydrogens (tertiary/aromatic N) is 3. The highest BCUT2D eigenvalue weighted by molar-refractivity contribution is 5.82. The Balaban J connectivity index is 2.01. The van der Waals surface area contributed by atoms with Gasteiger partial charge in [-0.1, -0.05) is 0 Å². The summed E-state index contributed by atoms with van der Waals surface area (Å²) >= 11 is 0. The summed E-state index contributed by atoms with van der Waals surface area (Å²) in [6, 6.07) is 0. The molecule has 0 aliphatic carbocycles. The number of hydrogen-bond donors (Lipinski definition) is 1. The van der Waals surface area contributed by atoms with E-state index in [0.29, 0.717) is 24.4 Å². The van der Waals surface area contributed by atoms with Gasteiger partial charge < -0.3 is 10.6 Å². The van der Waals surface area contributed by atoms with Crippen molar-refractivity contribution in [2.45, 2.75) is 13.0 Å². The molecule has 0 bridgehead atoms. The number of likely N-dealkylation sites (tertiary alicyclic amines) is 1. The number of Topliss-reactive ketones (excluding diaryl/α,β-unsaturated/α-hetero) is 1. The Bertz CT molecular complexity index is 360. The molecule has 0 radical (unpaired) electrons. The van der Waals surface area contributed by atoms with E-state index in [1.165, 1.54) is 0 Å². The Morgan fingerprint density at radius 1 is 1.67 bits per heavy atom. The fourth-order valence-electron chi connectivity index (χ4n) is 1.94. The summed E-state index contributed by atoms with van der Waals surface area (Å²) in [5.74, 6) is 0.394. The van der Waals surface area contributed by atoms with Crippen molar-refractivity contribution in [3.8, 4) is 0 Å². The SMILES string of the molecule is CN1CCC(=O)C(Cn2cc(N)cn2)C1. The Morgan fingerprint density at radius 2 is 2.47 bits per heavy atom. The van der Waals surface area contributed by atoms with Gasteiger partial charge >= 0.3 is 0 Å². The molecule has 1 unspecified atom stereocenters. The number of nitrogen functional groups attached to an aromatic ring is 1. The maximum absolute atomic E-state index is 11.7. The van der Waals surface area contributed by atoms with Crippen molar-refractivity contribution in [2.75, 3.05) is 25.9 Å². The average molecular weight is 208 g/mol. The van der Waals surface area contributed by atoms with Crippen molar-refractivity contribution >= 4 is 11.5 Å². The molecule has 1 aliphatic heterocycles. The summed E-state index contributed by atoms with van der Waals surface area (Å²) in [6.07, 6.45) is 4.02. The molecule has 0 amide bonds. The van der Waals surface area contributed by atoms with E-state index in [4.69, 9.17) is 5.73 Å². The standard InChI is InChI=1S/C10H16N4O/c1-13-3-2-10(15)8(5-13)6-14-7-9(11)4-12-14/h4,7-8H,2-3,5-6,11H2,1H3. The van der Waals surface area contributed by atoms with E-state index in [0.717, 1.165) is 13.1 Å². The van der Waals surface area contributed by atoms with Crippen LogP contribution in [0.5, 0.6) is 0 Å². The van der Waals surface area contributed by atoms with Gasteiger partial charge in [0.25, 0.3) is 0 Å². The van der Waals surface area contributed by atoms with E-state index >= 15 is 0 Å². The summed E-state index contributed by atoms with van der Waals surface area (Å²) in [5.41, 5.74) is 6.21. The van der Waals surface area contributed by atoms with Gasteiger partial charge in [0.2, 0.25) is 0 Å². The van der Waals surface area contributed by atoms with Crippen molar-refractivity contribution < 1.29 is 4.79 Å². The predicted octanol–water partition coefficient (Wildman–Crippen LogP) is -0.0139. The van der Waals surface area contributed by atoms with E-state index in [2.05, 4.69) is 10.00 Å². The van der Waals surface area contributed by atoms with E-state index in [1.54, 1.807) is 17.1 Å². The van der Waals surface area contributed by atoms with E-state index in [1.807, 2.05) is 7.05 Å². The maximum atomic E-state index is 11.7. The molecule has 0 spiro atoms. The zero-order valence-corrected chi connectivity index (χ0v) is 8.89. The minimum Gasteiger partial charge on any atom is -0.396 e. The fourth-order valence-corrected chi connectivity index (χ4v) is 1.94. The Morgan fingerprint density at radius 3 is 3.13 bits per heavy atom. The molecule has 2 N–H and O–H groups in total. The van der Waals surface area contributed by atoms with Gasteiger partial charge in [-0.3, -0.25) is 9.48 Å². The van der Waals surface area contributed by atoms with Gasteiger partial charge in [-0.05, 0) is 7.05 Å². The number of ketones is 1. The topological polar surface area (TPSA) is 64.2 Å². The molecular formula is C10H16N4O. The van der Waals surface area contributed by atoms with Crippen LogP contribution in [0.3, 0.4) is 0 Å². The summed E-state index contributed by atoms with van der Waals surface area (Å²) in [5, 5.41) is 4.09. The van der Waals surface area contributed by atoms with Crippen LogP contribution >= 0.6 is 0 Å². The number of aromatic nitrogens is 2. The third-order valence-electron chi connectivity index (χ3n) is 2.79. The van der Waals surface area contributed by atoms with Crippen molar-refractivity contribution in [2.24, 2.45) is 5.92 Å². The van der Waals surface area contributed by atoms with Crippen LogP contribution in [0.2, 0.25) is 0 Å². The Labute approximate surface area is 88.8 Å². The lowest BCUT2D eigenvalue weighted by Crippen LogP contribution is -2.40. The van der Waals surface area contributed by atoms with Gasteiger partial charge in [0, 0.05) is 25.7 Å². The highest BCUT2D eigenvalue weighted by Gasteiger charge is 2.25. The number of piperidine rings is 1. The molecule has 1 fully saturated rings. The molecule has 1 saturated heterocycles. The highest BCUT2D eigenvalue weighted by Crippen LogP contribution is 2.14. The largest absolute Gasteiger partial charge is 0.396 e. The highest BCUT2D eigenvalue weighted by atomic mass is 16.1. The molecule has 82 valence electrons. The second kappa shape index (κ2) is 4.02. The first-order chi connectivity index (χ1) is 7.15. The zero-order valence-electron chi connectivity index (χ0n) is 8.89. The van der Waals surface area contributed by atoms with E-state index in [-0.39, 0.29) is 5.92 Å². The van der Waals surface area contributed by atoms with Crippen LogP contribution in [0.15, 0.2) is 12.4 Å². The molecule has 5 nitrogen and oxygen atoms in total. The van der Waals surface area contributed by atoms with Crippen molar-refractivity contribution in [3.05, 3.63) is 12.4 Å². The van der Waals surface area contributed by atoms with Gasteiger partial charge in [0.05, 0.1) is 24.3 Å². The fraction of sp³-hybridized carbons (Fsp3) is 0.600. The first-order valence-electron chi connectivity index (χ1n) is 5.14. The second-order valence-electron chi connectivity index (χ2n) is 4.17. The molecule has 0 aromatic carbocycles. The first-order valence-corrected chi connectivity index (χ1v) is 5.14.